The van der Waals surface area contributed by atoms with Crippen LogP contribution >= 0.6 is 15.9 Å². The van der Waals surface area contributed by atoms with E-state index in [0.29, 0.717) is 0 Å². The third kappa shape index (κ3) is 1.90. The fourth-order valence-electron chi connectivity index (χ4n) is 1.75. The molecule has 2 rings (SSSR count). The highest BCUT2D eigenvalue weighted by molar-refractivity contribution is 9.10. The van der Waals surface area contributed by atoms with Gasteiger partial charge >= 0.3 is 5.97 Å². The minimum Gasteiger partial charge on any atom is -0.481 e. The molecule has 0 spiro atoms. The fourth-order valence-corrected chi connectivity index (χ4v) is 2.11. The SMILES string of the molecule is Cn1cc(CC(=O)O)c2cc(Br)ccc21. The van der Waals surface area contributed by atoms with Crippen LogP contribution in [0.3, 0.4) is 0 Å². The molecule has 3 nitrogen and oxygen atoms in total. The average molecular weight is 268 g/mol. The zero-order valence-electron chi connectivity index (χ0n) is 8.20. The number of hydrogen-bond acceptors (Lipinski definition) is 1. The van der Waals surface area contributed by atoms with E-state index in [0.717, 1.165) is 20.9 Å². The summed E-state index contributed by atoms with van der Waals surface area (Å²) >= 11 is 3.39. The second-order valence-corrected chi connectivity index (χ2v) is 4.41. The summed E-state index contributed by atoms with van der Waals surface area (Å²) in [6.45, 7) is 0. The molecule has 1 N–H and O–H groups in total. The van der Waals surface area contributed by atoms with Crippen molar-refractivity contribution in [2.24, 2.45) is 7.05 Å². The lowest BCUT2D eigenvalue weighted by Crippen LogP contribution is -1.98. The number of aryl methyl sites for hydroxylation is 1. The highest BCUT2D eigenvalue weighted by Crippen LogP contribution is 2.24. The summed E-state index contributed by atoms with van der Waals surface area (Å²) in [6, 6.07) is 5.88. The first kappa shape index (κ1) is 10.2. The van der Waals surface area contributed by atoms with Gasteiger partial charge in [0.2, 0.25) is 0 Å². The predicted molar refractivity (Wildman–Crippen MR) is 62.0 cm³/mol. The monoisotopic (exact) mass is 267 g/mol. The van der Waals surface area contributed by atoms with Gasteiger partial charge in [-0.3, -0.25) is 4.79 Å². The minimum absolute atomic E-state index is 0.0633. The Morgan fingerprint density at radius 3 is 2.93 bits per heavy atom. The van der Waals surface area contributed by atoms with Gasteiger partial charge in [-0.05, 0) is 23.8 Å². The van der Waals surface area contributed by atoms with Crippen molar-refractivity contribution in [3.05, 3.63) is 34.4 Å². The van der Waals surface area contributed by atoms with Crippen molar-refractivity contribution < 1.29 is 9.90 Å². The Morgan fingerprint density at radius 1 is 1.53 bits per heavy atom. The molecule has 0 saturated heterocycles. The Labute approximate surface area is 95.5 Å². The van der Waals surface area contributed by atoms with E-state index in [2.05, 4.69) is 15.9 Å². The number of rotatable bonds is 2. The van der Waals surface area contributed by atoms with E-state index in [1.165, 1.54) is 0 Å². The van der Waals surface area contributed by atoms with Gasteiger partial charge in [-0.25, -0.2) is 0 Å². The van der Waals surface area contributed by atoms with Gasteiger partial charge in [0.25, 0.3) is 0 Å². The van der Waals surface area contributed by atoms with Gasteiger partial charge in [-0.1, -0.05) is 15.9 Å². The van der Waals surface area contributed by atoms with E-state index < -0.39 is 5.97 Å². The van der Waals surface area contributed by atoms with E-state index in [9.17, 15) is 4.79 Å². The summed E-state index contributed by atoms with van der Waals surface area (Å²) in [5.74, 6) is -0.803. The first-order valence-electron chi connectivity index (χ1n) is 4.53. The van der Waals surface area contributed by atoms with Crippen LogP contribution in [-0.2, 0) is 18.3 Å². The maximum Gasteiger partial charge on any atom is 0.307 e. The molecule has 0 saturated carbocycles. The van der Waals surface area contributed by atoms with Crippen LogP contribution in [0, 0.1) is 0 Å². The van der Waals surface area contributed by atoms with Gasteiger partial charge in [0.05, 0.1) is 6.42 Å². The fraction of sp³-hybridized carbons (Fsp3) is 0.182. The first-order valence-corrected chi connectivity index (χ1v) is 5.32. The molecular weight excluding hydrogens is 258 g/mol. The number of aliphatic carboxylic acids is 1. The molecule has 0 radical (unpaired) electrons. The summed E-state index contributed by atoms with van der Waals surface area (Å²) in [6.07, 6.45) is 1.93. The van der Waals surface area contributed by atoms with Crippen molar-refractivity contribution in [2.45, 2.75) is 6.42 Å². The standard InChI is InChI=1S/C11H10BrNO2/c1-13-6-7(4-11(14)15)9-5-8(12)2-3-10(9)13/h2-3,5-6H,4H2,1H3,(H,14,15). The summed E-state index contributed by atoms with van der Waals surface area (Å²) < 4.78 is 2.91. The van der Waals surface area contributed by atoms with Crippen LogP contribution in [0.5, 0.6) is 0 Å². The molecule has 78 valence electrons. The smallest absolute Gasteiger partial charge is 0.307 e. The number of hydrogen-bond donors (Lipinski definition) is 1. The van der Waals surface area contributed by atoms with Crippen LogP contribution in [0.15, 0.2) is 28.9 Å². The lowest BCUT2D eigenvalue weighted by molar-refractivity contribution is -0.136. The lowest BCUT2D eigenvalue weighted by Gasteiger charge is -1.96. The quantitative estimate of drug-likeness (QED) is 0.909. The highest BCUT2D eigenvalue weighted by Gasteiger charge is 2.09. The number of benzene rings is 1. The number of aromatic nitrogens is 1. The predicted octanol–water partition coefficient (Wildman–Crippen LogP) is 2.57. The van der Waals surface area contributed by atoms with Crippen molar-refractivity contribution in [1.82, 2.24) is 4.57 Å². The third-order valence-corrected chi connectivity index (χ3v) is 2.87. The van der Waals surface area contributed by atoms with Crippen molar-refractivity contribution in [3.63, 3.8) is 0 Å². The largest absolute Gasteiger partial charge is 0.481 e. The zero-order chi connectivity index (χ0) is 11.0. The van der Waals surface area contributed by atoms with Gasteiger partial charge in [0.1, 0.15) is 0 Å². The van der Waals surface area contributed by atoms with Crippen molar-refractivity contribution >= 4 is 32.8 Å². The summed E-state index contributed by atoms with van der Waals surface area (Å²) in [7, 11) is 1.92. The van der Waals surface area contributed by atoms with E-state index in [1.54, 1.807) is 0 Å². The molecule has 1 aromatic heterocycles. The molecule has 0 aliphatic carbocycles. The topological polar surface area (TPSA) is 42.2 Å². The minimum atomic E-state index is -0.803. The van der Waals surface area contributed by atoms with Crippen molar-refractivity contribution in [3.8, 4) is 0 Å². The average Bonchev–Trinajstić information content (AvgIpc) is 2.42. The van der Waals surface area contributed by atoms with Gasteiger partial charge < -0.3 is 9.67 Å². The molecule has 1 heterocycles. The second-order valence-electron chi connectivity index (χ2n) is 3.50. The molecular formula is C11H10BrNO2. The first-order chi connectivity index (χ1) is 7.08. The van der Waals surface area contributed by atoms with Crippen molar-refractivity contribution in [1.29, 1.82) is 0 Å². The van der Waals surface area contributed by atoms with E-state index in [4.69, 9.17) is 5.11 Å². The molecule has 2 aromatic rings. The molecule has 15 heavy (non-hydrogen) atoms. The molecule has 0 amide bonds. The zero-order valence-corrected chi connectivity index (χ0v) is 9.78. The molecule has 1 aromatic carbocycles. The molecule has 0 aliphatic rings. The summed E-state index contributed by atoms with van der Waals surface area (Å²) in [5, 5.41) is 9.78. The molecule has 4 heteroatoms. The van der Waals surface area contributed by atoms with Crippen LogP contribution in [0.2, 0.25) is 0 Å². The van der Waals surface area contributed by atoms with Crippen LogP contribution in [-0.4, -0.2) is 15.6 Å². The van der Waals surface area contributed by atoms with E-state index in [-0.39, 0.29) is 6.42 Å². The van der Waals surface area contributed by atoms with E-state index in [1.807, 2.05) is 36.0 Å². The van der Waals surface area contributed by atoms with E-state index >= 15 is 0 Å². The Balaban J connectivity index is 2.64. The maximum atomic E-state index is 10.7. The number of carboxylic acids is 1. The molecule has 0 atom stereocenters. The van der Waals surface area contributed by atoms with Crippen LogP contribution < -0.4 is 0 Å². The molecule has 0 aliphatic heterocycles. The highest BCUT2D eigenvalue weighted by atomic mass is 79.9. The summed E-state index contributed by atoms with van der Waals surface area (Å²) in [4.78, 5) is 10.7. The maximum absolute atomic E-state index is 10.7. The Hall–Kier alpha value is -1.29. The van der Waals surface area contributed by atoms with Crippen LogP contribution in [0.4, 0.5) is 0 Å². The van der Waals surface area contributed by atoms with Gasteiger partial charge in [0.15, 0.2) is 0 Å². The Bertz CT molecular complexity index is 531. The van der Waals surface area contributed by atoms with Gasteiger partial charge in [-0.15, -0.1) is 0 Å². The van der Waals surface area contributed by atoms with Gasteiger partial charge in [0, 0.05) is 28.6 Å². The number of carboxylic acid groups (broad SMARTS) is 1. The summed E-state index contributed by atoms with van der Waals surface area (Å²) in [5.41, 5.74) is 1.90. The van der Waals surface area contributed by atoms with Crippen LogP contribution in [0.25, 0.3) is 10.9 Å². The van der Waals surface area contributed by atoms with Crippen LogP contribution in [0.1, 0.15) is 5.56 Å². The lowest BCUT2D eigenvalue weighted by atomic mass is 10.1. The number of fused-ring (bicyclic) bond motifs is 1. The Kier molecular flexibility index (Phi) is 2.52. The Morgan fingerprint density at radius 2 is 2.27 bits per heavy atom. The number of halogens is 1. The number of nitrogens with zero attached hydrogens (tertiary/aromatic N) is 1. The molecule has 0 unspecified atom stereocenters. The normalized spacial score (nSPS) is 10.8. The third-order valence-electron chi connectivity index (χ3n) is 2.38. The second kappa shape index (κ2) is 3.70. The van der Waals surface area contributed by atoms with Crippen molar-refractivity contribution in [2.75, 3.05) is 0 Å². The van der Waals surface area contributed by atoms with Gasteiger partial charge in [-0.2, -0.15) is 0 Å². The molecule has 0 bridgehead atoms. The molecule has 0 fully saturated rings. The number of carbonyl (C=O) groups is 1.